The van der Waals surface area contributed by atoms with Crippen molar-refractivity contribution < 1.29 is 4.79 Å². The third kappa shape index (κ3) is 3.39. The third-order valence-electron chi connectivity index (χ3n) is 2.69. The molecule has 1 fully saturated rings. The number of hydrogen-bond acceptors (Lipinski definition) is 5. The van der Waals surface area contributed by atoms with Gasteiger partial charge in [0.15, 0.2) is 0 Å². The Kier molecular flexibility index (Phi) is 3.87. The van der Waals surface area contributed by atoms with Gasteiger partial charge in [0.05, 0.1) is 24.6 Å². The molecule has 1 amide bonds. The number of nitrogens with zero attached hydrogens (tertiary/aromatic N) is 3. The molecule has 1 aliphatic rings. The summed E-state index contributed by atoms with van der Waals surface area (Å²) in [5, 5.41) is 5.78. The minimum absolute atomic E-state index is 0.0855. The lowest BCUT2D eigenvalue weighted by Crippen LogP contribution is -2.32. The molecule has 0 saturated carbocycles. The highest BCUT2D eigenvalue weighted by molar-refractivity contribution is 5.78. The quantitative estimate of drug-likeness (QED) is 0.762. The summed E-state index contributed by atoms with van der Waals surface area (Å²) in [6.07, 6.45) is 4.43. The zero-order valence-electron chi connectivity index (χ0n) is 9.94. The number of aromatic nitrogens is 2. The Hall–Kier alpha value is -1.69. The number of hydrogen-bond donors (Lipinski definition) is 2. The largest absolute Gasteiger partial charge is 0.372 e. The summed E-state index contributed by atoms with van der Waals surface area (Å²) in [6.45, 7) is 2.79. The van der Waals surface area contributed by atoms with Crippen LogP contribution in [0.4, 0.5) is 5.82 Å². The van der Waals surface area contributed by atoms with E-state index in [9.17, 15) is 4.79 Å². The van der Waals surface area contributed by atoms with E-state index in [1.165, 1.54) is 0 Å². The molecule has 0 aromatic carbocycles. The van der Waals surface area contributed by atoms with Crippen molar-refractivity contribution in [2.24, 2.45) is 0 Å². The topological polar surface area (TPSA) is 70.2 Å². The predicted octanol–water partition coefficient (Wildman–Crippen LogP) is -0.160. The number of nitrogens with one attached hydrogen (secondary N) is 2. The van der Waals surface area contributed by atoms with Crippen molar-refractivity contribution in [3.8, 4) is 0 Å². The molecular formula is C11H17N5O. The molecule has 0 aliphatic carbocycles. The number of rotatable bonds is 3. The average molecular weight is 235 g/mol. The fourth-order valence-electron chi connectivity index (χ4n) is 1.80. The van der Waals surface area contributed by atoms with Crippen LogP contribution in [0, 0.1) is 0 Å². The van der Waals surface area contributed by atoms with E-state index in [0.717, 1.165) is 31.0 Å². The molecule has 0 bridgehead atoms. The molecule has 1 aliphatic heterocycles. The molecule has 0 atom stereocenters. The van der Waals surface area contributed by atoms with Crippen molar-refractivity contribution >= 4 is 11.7 Å². The second kappa shape index (κ2) is 5.58. The fraction of sp³-hybridized carbons (Fsp3) is 0.545. The van der Waals surface area contributed by atoms with Crippen molar-refractivity contribution in [2.45, 2.75) is 13.0 Å². The molecular weight excluding hydrogens is 218 g/mol. The Morgan fingerprint density at radius 1 is 1.47 bits per heavy atom. The molecule has 0 spiro atoms. The maximum absolute atomic E-state index is 11.4. The molecule has 0 unspecified atom stereocenters. The van der Waals surface area contributed by atoms with E-state index in [4.69, 9.17) is 0 Å². The molecule has 2 rings (SSSR count). The Bertz CT molecular complexity index is 378. The maximum atomic E-state index is 11.4. The number of amides is 1. The van der Waals surface area contributed by atoms with Crippen LogP contribution in [0.5, 0.6) is 0 Å². The van der Waals surface area contributed by atoms with E-state index < -0.39 is 0 Å². The van der Waals surface area contributed by atoms with Crippen molar-refractivity contribution in [1.29, 1.82) is 0 Å². The van der Waals surface area contributed by atoms with Crippen LogP contribution in [0.1, 0.15) is 12.1 Å². The molecule has 6 heteroatoms. The van der Waals surface area contributed by atoms with E-state index >= 15 is 0 Å². The highest BCUT2D eigenvalue weighted by Crippen LogP contribution is 2.05. The number of carbonyl (C=O) groups excluding carboxylic acids is 1. The standard InChI is InChI=1S/C11H17N5O/c1-12-10-6-14-9(5-15-10)7-16-4-2-3-13-11(17)8-16/h5-6H,2-4,7-8H2,1H3,(H,12,15)(H,13,17). The highest BCUT2D eigenvalue weighted by atomic mass is 16.2. The van der Waals surface area contributed by atoms with Crippen LogP contribution < -0.4 is 10.6 Å². The summed E-state index contributed by atoms with van der Waals surface area (Å²) < 4.78 is 0. The van der Waals surface area contributed by atoms with Gasteiger partial charge >= 0.3 is 0 Å². The second-order valence-electron chi connectivity index (χ2n) is 4.06. The monoisotopic (exact) mass is 235 g/mol. The Morgan fingerprint density at radius 2 is 2.35 bits per heavy atom. The van der Waals surface area contributed by atoms with Gasteiger partial charge in [0, 0.05) is 26.7 Å². The normalized spacial score (nSPS) is 17.4. The van der Waals surface area contributed by atoms with E-state index in [2.05, 4.69) is 25.5 Å². The minimum Gasteiger partial charge on any atom is -0.372 e. The van der Waals surface area contributed by atoms with Gasteiger partial charge in [-0.3, -0.25) is 14.7 Å². The van der Waals surface area contributed by atoms with Gasteiger partial charge in [0.1, 0.15) is 5.82 Å². The first-order valence-electron chi connectivity index (χ1n) is 5.75. The minimum atomic E-state index is 0.0855. The Labute approximate surface area is 100 Å². The van der Waals surface area contributed by atoms with Gasteiger partial charge in [-0.2, -0.15) is 0 Å². The molecule has 17 heavy (non-hydrogen) atoms. The van der Waals surface area contributed by atoms with Crippen LogP contribution in [0.2, 0.25) is 0 Å². The average Bonchev–Trinajstić information content (AvgIpc) is 2.55. The molecule has 1 aromatic heterocycles. The fourth-order valence-corrected chi connectivity index (χ4v) is 1.80. The summed E-state index contributed by atoms with van der Waals surface area (Å²) in [4.78, 5) is 22.0. The highest BCUT2D eigenvalue weighted by Gasteiger charge is 2.15. The van der Waals surface area contributed by atoms with Crippen molar-refractivity contribution in [2.75, 3.05) is 32.0 Å². The van der Waals surface area contributed by atoms with Crippen LogP contribution in [-0.4, -0.2) is 47.5 Å². The van der Waals surface area contributed by atoms with Crippen LogP contribution >= 0.6 is 0 Å². The summed E-state index contributed by atoms with van der Waals surface area (Å²) in [5.41, 5.74) is 0.888. The Balaban J connectivity index is 1.96. The zero-order valence-corrected chi connectivity index (χ0v) is 9.94. The summed E-state index contributed by atoms with van der Waals surface area (Å²) in [6, 6.07) is 0. The predicted molar refractivity (Wildman–Crippen MR) is 64.5 cm³/mol. The SMILES string of the molecule is CNc1cnc(CN2CCCNC(=O)C2)cn1. The van der Waals surface area contributed by atoms with Gasteiger partial charge < -0.3 is 10.6 Å². The summed E-state index contributed by atoms with van der Waals surface area (Å²) in [7, 11) is 1.81. The molecule has 2 N–H and O–H groups in total. The van der Waals surface area contributed by atoms with E-state index in [1.807, 2.05) is 7.05 Å². The van der Waals surface area contributed by atoms with Crippen LogP contribution in [0.3, 0.4) is 0 Å². The lowest BCUT2D eigenvalue weighted by atomic mass is 10.3. The lowest BCUT2D eigenvalue weighted by Gasteiger charge is -2.17. The maximum Gasteiger partial charge on any atom is 0.234 e. The number of carbonyl (C=O) groups is 1. The second-order valence-corrected chi connectivity index (χ2v) is 4.06. The molecule has 1 aromatic rings. The first-order chi connectivity index (χ1) is 8.28. The molecule has 1 saturated heterocycles. The van der Waals surface area contributed by atoms with E-state index in [0.29, 0.717) is 13.1 Å². The van der Waals surface area contributed by atoms with E-state index in [-0.39, 0.29) is 5.91 Å². The van der Waals surface area contributed by atoms with Gasteiger partial charge in [-0.05, 0) is 6.42 Å². The smallest absolute Gasteiger partial charge is 0.234 e. The molecule has 2 heterocycles. The van der Waals surface area contributed by atoms with E-state index in [1.54, 1.807) is 12.4 Å². The Morgan fingerprint density at radius 3 is 3.06 bits per heavy atom. The van der Waals surface area contributed by atoms with Crippen molar-refractivity contribution in [3.63, 3.8) is 0 Å². The summed E-state index contributed by atoms with van der Waals surface area (Å²) >= 11 is 0. The van der Waals surface area contributed by atoms with Gasteiger partial charge in [-0.25, -0.2) is 4.98 Å². The van der Waals surface area contributed by atoms with Crippen LogP contribution in [0.25, 0.3) is 0 Å². The van der Waals surface area contributed by atoms with Crippen molar-refractivity contribution in [1.82, 2.24) is 20.2 Å². The van der Waals surface area contributed by atoms with Gasteiger partial charge in [-0.1, -0.05) is 0 Å². The van der Waals surface area contributed by atoms with Crippen molar-refractivity contribution in [3.05, 3.63) is 18.1 Å². The van der Waals surface area contributed by atoms with Crippen LogP contribution in [0.15, 0.2) is 12.4 Å². The first-order valence-corrected chi connectivity index (χ1v) is 5.75. The third-order valence-corrected chi connectivity index (χ3v) is 2.69. The lowest BCUT2D eigenvalue weighted by molar-refractivity contribution is -0.121. The molecule has 6 nitrogen and oxygen atoms in total. The van der Waals surface area contributed by atoms with Gasteiger partial charge in [0.25, 0.3) is 0 Å². The molecule has 0 radical (unpaired) electrons. The number of anilines is 1. The zero-order chi connectivity index (χ0) is 12.1. The summed E-state index contributed by atoms with van der Waals surface area (Å²) in [5.74, 6) is 0.838. The van der Waals surface area contributed by atoms with Crippen LogP contribution in [-0.2, 0) is 11.3 Å². The first kappa shape index (κ1) is 11.8. The van der Waals surface area contributed by atoms with Gasteiger partial charge in [-0.15, -0.1) is 0 Å². The molecule has 92 valence electrons. The van der Waals surface area contributed by atoms with Gasteiger partial charge in [0.2, 0.25) is 5.91 Å².